The molecule has 42 heavy (non-hydrogen) atoms. The summed E-state index contributed by atoms with van der Waals surface area (Å²) in [6.07, 6.45) is -10.3. The van der Waals surface area contributed by atoms with Crippen molar-refractivity contribution < 1.29 is 44.2 Å². The van der Waals surface area contributed by atoms with E-state index in [2.05, 4.69) is 5.32 Å². The third kappa shape index (κ3) is 8.35. The van der Waals surface area contributed by atoms with E-state index in [1.165, 1.54) is 0 Å². The maximum atomic E-state index is 13.0. The number of hydrogen-bond acceptors (Lipinski definition) is 14. The summed E-state index contributed by atoms with van der Waals surface area (Å²) in [5.74, 6) is -0.225. The highest BCUT2D eigenvalue weighted by molar-refractivity contribution is 5.81. The van der Waals surface area contributed by atoms with E-state index in [9.17, 15) is 25.2 Å². The van der Waals surface area contributed by atoms with Crippen LogP contribution in [0.3, 0.4) is 0 Å². The Morgan fingerprint density at radius 2 is 1.36 bits per heavy atom. The predicted molar refractivity (Wildman–Crippen MR) is 152 cm³/mol. The van der Waals surface area contributed by atoms with E-state index in [1.54, 1.807) is 0 Å². The van der Waals surface area contributed by atoms with Crippen molar-refractivity contribution in [3.05, 3.63) is 0 Å². The molecule has 0 bridgehead atoms. The van der Waals surface area contributed by atoms with Gasteiger partial charge >= 0.3 is 0 Å². The lowest BCUT2D eigenvalue weighted by atomic mass is 9.75. The first-order valence-corrected chi connectivity index (χ1v) is 14.7. The third-order valence-electron chi connectivity index (χ3n) is 8.29. The molecule has 3 aliphatic rings. The van der Waals surface area contributed by atoms with Crippen LogP contribution in [0, 0.1) is 10.8 Å². The van der Waals surface area contributed by atoms with E-state index in [0.29, 0.717) is 6.42 Å². The van der Waals surface area contributed by atoms with E-state index in [-0.39, 0.29) is 37.3 Å². The van der Waals surface area contributed by atoms with Crippen LogP contribution >= 0.6 is 0 Å². The Balaban J connectivity index is 1.68. The molecular weight excluding hydrogens is 552 g/mol. The predicted octanol–water partition coefficient (Wildman–Crippen LogP) is -3.71. The molecule has 1 saturated carbocycles. The lowest BCUT2D eigenvalue weighted by Gasteiger charge is -2.48. The molecule has 3 rings (SSSR count). The first-order chi connectivity index (χ1) is 19.4. The molecule has 15 N–H and O–H groups in total. The minimum Gasteiger partial charge on any atom is -0.390 e. The van der Waals surface area contributed by atoms with Gasteiger partial charge in [-0.3, -0.25) is 4.79 Å². The van der Waals surface area contributed by atoms with Gasteiger partial charge in [-0.2, -0.15) is 0 Å². The van der Waals surface area contributed by atoms with Crippen LogP contribution in [0.4, 0.5) is 0 Å². The summed E-state index contributed by atoms with van der Waals surface area (Å²) < 4.78 is 23.6. The van der Waals surface area contributed by atoms with E-state index >= 15 is 0 Å². The second kappa shape index (κ2) is 13.9. The van der Waals surface area contributed by atoms with E-state index in [0.717, 1.165) is 0 Å². The second-order valence-corrected chi connectivity index (χ2v) is 13.9. The van der Waals surface area contributed by atoms with Crippen LogP contribution in [0.2, 0.25) is 0 Å². The summed E-state index contributed by atoms with van der Waals surface area (Å²) in [6.45, 7) is 9.77. The zero-order chi connectivity index (χ0) is 31.7. The van der Waals surface area contributed by atoms with Crippen molar-refractivity contribution in [3.63, 3.8) is 0 Å². The molecule has 1 aliphatic carbocycles. The third-order valence-corrected chi connectivity index (χ3v) is 8.29. The first-order valence-electron chi connectivity index (χ1n) is 14.7. The average Bonchev–Trinajstić information content (AvgIpc) is 2.87. The Morgan fingerprint density at radius 1 is 0.810 bits per heavy atom. The number of amides is 1. The largest absolute Gasteiger partial charge is 0.390 e. The van der Waals surface area contributed by atoms with Crippen molar-refractivity contribution >= 4 is 5.91 Å². The van der Waals surface area contributed by atoms with Crippen molar-refractivity contribution in [1.82, 2.24) is 5.32 Å². The zero-order valence-corrected chi connectivity index (χ0v) is 25.3. The molecule has 2 aliphatic heterocycles. The highest BCUT2D eigenvalue weighted by Crippen LogP contribution is 2.34. The van der Waals surface area contributed by atoms with Crippen LogP contribution in [0.1, 0.15) is 53.9 Å². The molecule has 15 heteroatoms. The molecule has 2 heterocycles. The maximum Gasteiger partial charge on any atom is 0.225 e. The van der Waals surface area contributed by atoms with Crippen molar-refractivity contribution in [2.75, 3.05) is 13.1 Å². The quantitative estimate of drug-likeness (QED) is 0.121. The van der Waals surface area contributed by atoms with Gasteiger partial charge in [-0.15, -0.1) is 0 Å². The summed E-state index contributed by atoms with van der Waals surface area (Å²) in [5, 5.41) is 45.7. The number of aliphatic hydroxyl groups is 4. The molecular formula is C27H54N6O9. The monoisotopic (exact) mass is 606 g/mol. The summed E-state index contributed by atoms with van der Waals surface area (Å²) in [7, 11) is 0. The Bertz CT molecular complexity index is 895. The highest BCUT2D eigenvalue weighted by atomic mass is 16.7. The molecule has 14 atom stereocenters. The fourth-order valence-corrected chi connectivity index (χ4v) is 6.28. The van der Waals surface area contributed by atoms with Gasteiger partial charge in [0.1, 0.15) is 30.5 Å². The molecule has 1 amide bonds. The minimum atomic E-state index is -1.47. The maximum absolute atomic E-state index is 13.0. The van der Waals surface area contributed by atoms with Crippen molar-refractivity contribution in [2.45, 2.75) is 139 Å². The van der Waals surface area contributed by atoms with E-state index in [1.807, 2.05) is 34.6 Å². The molecule has 246 valence electrons. The summed E-state index contributed by atoms with van der Waals surface area (Å²) in [5.41, 5.74) is 29.7. The number of ether oxygens (including phenoxy) is 4. The molecule has 0 spiro atoms. The lowest BCUT2D eigenvalue weighted by molar-refractivity contribution is -0.311. The minimum absolute atomic E-state index is 0.0440. The van der Waals surface area contributed by atoms with Gasteiger partial charge in [0, 0.05) is 30.6 Å². The van der Waals surface area contributed by atoms with Gasteiger partial charge in [-0.25, -0.2) is 0 Å². The van der Waals surface area contributed by atoms with Gasteiger partial charge in [0.05, 0.1) is 30.4 Å². The van der Waals surface area contributed by atoms with Crippen LogP contribution in [-0.4, -0.2) is 125 Å². The molecule has 0 aromatic rings. The van der Waals surface area contributed by atoms with Gasteiger partial charge in [0.2, 0.25) is 5.91 Å². The van der Waals surface area contributed by atoms with Gasteiger partial charge in [0.15, 0.2) is 12.6 Å². The molecule has 2 saturated heterocycles. The van der Waals surface area contributed by atoms with E-state index in [4.69, 9.17) is 47.6 Å². The second-order valence-electron chi connectivity index (χ2n) is 13.9. The topological polar surface area (TPSA) is 277 Å². The lowest BCUT2D eigenvalue weighted by Crippen LogP contribution is -2.68. The molecule has 3 fully saturated rings. The molecule has 14 unspecified atom stereocenters. The Hall–Kier alpha value is -1.05. The zero-order valence-electron chi connectivity index (χ0n) is 25.3. The van der Waals surface area contributed by atoms with Gasteiger partial charge in [0.25, 0.3) is 0 Å². The van der Waals surface area contributed by atoms with Crippen molar-refractivity contribution in [2.24, 2.45) is 39.5 Å². The SMILES string of the molecule is CC(C)(C)CC(C)(C)C(=O)NCC1OC(OC2C(N)CC(N)C(OC3OC(CN)C(O)CC3N)C2O)C(O)C(N)C1O. The smallest absolute Gasteiger partial charge is 0.225 e. The van der Waals surface area contributed by atoms with Crippen LogP contribution in [-0.2, 0) is 23.7 Å². The molecule has 0 aromatic carbocycles. The Labute approximate surface area is 247 Å². The Morgan fingerprint density at radius 3 is 1.90 bits per heavy atom. The first kappa shape index (κ1) is 35.4. The number of hydrogen-bond donors (Lipinski definition) is 10. The number of nitrogens with two attached hydrogens (primary N) is 5. The number of aliphatic hydroxyl groups excluding tert-OH is 4. The fourth-order valence-electron chi connectivity index (χ4n) is 6.28. The standard InChI is InChI=1S/C27H54N6O9/c1-26(2,3)10-27(4,5)25(38)33-9-16-18(35)17(32)19(36)24(40-16)42-22-12(30)6-11(29)21(20(22)37)41-23-13(31)7-14(34)15(8-28)39-23/h11-24,34-37H,6-10,28-32H2,1-5H3,(H,33,38). The molecule has 15 nitrogen and oxygen atoms in total. The summed E-state index contributed by atoms with van der Waals surface area (Å²) in [6, 6.07) is -3.36. The fraction of sp³-hybridized carbons (Fsp3) is 0.963. The van der Waals surface area contributed by atoms with Gasteiger partial charge in [-0.05, 0) is 24.7 Å². The summed E-state index contributed by atoms with van der Waals surface area (Å²) >= 11 is 0. The van der Waals surface area contributed by atoms with Gasteiger partial charge in [-0.1, -0.05) is 34.6 Å². The van der Waals surface area contributed by atoms with E-state index < -0.39 is 91.0 Å². The van der Waals surface area contributed by atoms with Crippen molar-refractivity contribution in [1.29, 1.82) is 0 Å². The number of nitrogens with one attached hydrogen (secondary N) is 1. The molecule has 0 radical (unpaired) electrons. The van der Waals surface area contributed by atoms with Crippen LogP contribution < -0.4 is 34.0 Å². The average molecular weight is 607 g/mol. The normalized spacial score (nSPS) is 43.7. The number of carbonyl (C=O) groups is 1. The Kier molecular flexibility index (Phi) is 11.8. The summed E-state index contributed by atoms with van der Waals surface area (Å²) in [4.78, 5) is 13.0. The van der Waals surface area contributed by atoms with Crippen LogP contribution in [0.15, 0.2) is 0 Å². The van der Waals surface area contributed by atoms with Crippen molar-refractivity contribution in [3.8, 4) is 0 Å². The molecule has 0 aromatic heterocycles. The van der Waals surface area contributed by atoms with Crippen LogP contribution in [0.5, 0.6) is 0 Å². The highest BCUT2D eigenvalue weighted by Gasteiger charge is 2.50. The number of rotatable bonds is 9. The van der Waals surface area contributed by atoms with Crippen LogP contribution in [0.25, 0.3) is 0 Å². The number of carbonyl (C=O) groups excluding carboxylic acids is 1. The van der Waals surface area contributed by atoms with Gasteiger partial charge < -0.3 is 73.4 Å².